The van der Waals surface area contributed by atoms with Gasteiger partial charge in [0.25, 0.3) is 0 Å². The first-order valence-corrected chi connectivity index (χ1v) is 5.47. The van der Waals surface area contributed by atoms with Crippen LogP contribution in [-0.4, -0.2) is 37.4 Å². The zero-order valence-corrected chi connectivity index (χ0v) is 10.8. The molecule has 0 unspecified atom stereocenters. The highest BCUT2D eigenvalue weighted by molar-refractivity contribution is 5.21. The van der Waals surface area contributed by atoms with Crippen molar-refractivity contribution >= 4 is 0 Å². The largest absolute Gasteiger partial charge is 0.249 e. The second-order valence-corrected chi connectivity index (χ2v) is 5.69. The summed E-state index contributed by atoms with van der Waals surface area (Å²) in [5.41, 5.74) is 2.50. The molecule has 1 aromatic rings. The Morgan fingerprint density at radius 1 is 0.750 bits per heavy atom. The Morgan fingerprint density at radius 3 is 1.19 bits per heavy atom. The molecular weight excluding hydrogens is 200 g/mol. The average Bonchev–Trinajstić information content (AvgIpc) is 2.03. The summed E-state index contributed by atoms with van der Waals surface area (Å²) in [5.74, 6) is 11.8. The van der Waals surface area contributed by atoms with Crippen LogP contribution in [0.5, 0.6) is 0 Å². The van der Waals surface area contributed by atoms with Gasteiger partial charge < -0.3 is 0 Å². The Morgan fingerprint density at radius 2 is 1.00 bits per heavy atom. The molecular formula is C12H24N4+2. The van der Waals surface area contributed by atoms with E-state index in [2.05, 4.69) is 24.3 Å². The third-order valence-electron chi connectivity index (χ3n) is 2.20. The lowest BCUT2D eigenvalue weighted by Crippen LogP contribution is -2.46. The van der Waals surface area contributed by atoms with Gasteiger partial charge in [0.1, 0.15) is 13.1 Å². The normalized spacial score (nSPS) is 12.9. The molecule has 0 spiro atoms. The monoisotopic (exact) mass is 224 g/mol. The molecule has 0 fully saturated rings. The molecule has 16 heavy (non-hydrogen) atoms. The van der Waals surface area contributed by atoms with E-state index < -0.39 is 0 Å². The van der Waals surface area contributed by atoms with Crippen LogP contribution in [0, 0.1) is 0 Å². The summed E-state index contributed by atoms with van der Waals surface area (Å²) in [6.07, 6.45) is 0. The van der Waals surface area contributed by atoms with Gasteiger partial charge in [-0.05, 0) is 0 Å². The van der Waals surface area contributed by atoms with E-state index in [4.69, 9.17) is 11.7 Å². The number of benzene rings is 1. The van der Waals surface area contributed by atoms with E-state index in [0.717, 1.165) is 13.1 Å². The third kappa shape index (κ3) is 5.23. The van der Waals surface area contributed by atoms with Crippen LogP contribution in [0.3, 0.4) is 0 Å². The first kappa shape index (κ1) is 13.1. The van der Waals surface area contributed by atoms with Crippen LogP contribution in [0.4, 0.5) is 0 Å². The van der Waals surface area contributed by atoms with E-state index in [0.29, 0.717) is 9.18 Å². The van der Waals surface area contributed by atoms with Gasteiger partial charge in [0.2, 0.25) is 0 Å². The fourth-order valence-corrected chi connectivity index (χ4v) is 1.69. The SMILES string of the molecule is C[N+](C)(N)Cc1ccc(C[N+](C)(C)N)cc1. The maximum Gasteiger partial charge on any atom is 0.121 e. The molecule has 0 radical (unpaired) electrons. The van der Waals surface area contributed by atoms with Crippen molar-refractivity contribution in [2.24, 2.45) is 11.7 Å². The smallest absolute Gasteiger partial charge is 0.121 e. The van der Waals surface area contributed by atoms with Crippen molar-refractivity contribution < 1.29 is 9.18 Å². The number of quaternary nitrogens is 2. The first-order chi connectivity index (χ1) is 7.16. The molecule has 0 saturated heterocycles. The fraction of sp³-hybridized carbons (Fsp3) is 0.500. The Balaban J connectivity index is 2.69. The second-order valence-electron chi connectivity index (χ2n) is 5.69. The van der Waals surface area contributed by atoms with Gasteiger partial charge in [0.05, 0.1) is 28.2 Å². The Hall–Kier alpha value is -0.940. The fourth-order valence-electron chi connectivity index (χ4n) is 1.69. The Bertz CT molecular complexity index is 295. The minimum absolute atomic E-state index is 0.456. The lowest BCUT2D eigenvalue weighted by molar-refractivity contribution is -0.915. The van der Waals surface area contributed by atoms with Gasteiger partial charge in [-0.15, -0.1) is 0 Å². The van der Waals surface area contributed by atoms with Gasteiger partial charge in [-0.3, -0.25) is 0 Å². The van der Waals surface area contributed by atoms with Crippen molar-refractivity contribution in [1.29, 1.82) is 0 Å². The number of nitrogens with zero attached hydrogens (tertiary/aromatic N) is 2. The van der Waals surface area contributed by atoms with E-state index in [1.165, 1.54) is 11.1 Å². The highest BCUT2D eigenvalue weighted by Crippen LogP contribution is 2.10. The maximum absolute atomic E-state index is 5.92. The molecule has 4 heteroatoms. The summed E-state index contributed by atoms with van der Waals surface area (Å²) in [4.78, 5) is 0. The zero-order chi connectivity index (χ0) is 12.4. The lowest BCUT2D eigenvalue weighted by Gasteiger charge is -2.23. The quantitative estimate of drug-likeness (QED) is 0.447. The molecule has 0 amide bonds. The van der Waals surface area contributed by atoms with Crippen molar-refractivity contribution in [2.45, 2.75) is 13.1 Å². The summed E-state index contributed by atoms with van der Waals surface area (Å²) in [7, 11) is 7.92. The second kappa shape index (κ2) is 4.51. The van der Waals surface area contributed by atoms with Gasteiger partial charge >= 0.3 is 0 Å². The Kier molecular flexibility index (Phi) is 3.70. The van der Waals surface area contributed by atoms with E-state index in [-0.39, 0.29) is 0 Å². The minimum atomic E-state index is 0.456. The van der Waals surface area contributed by atoms with E-state index in [1.807, 2.05) is 28.2 Å². The van der Waals surface area contributed by atoms with Crippen LogP contribution in [-0.2, 0) is 13.1 Å². The van der Waals surface area contributed by atoms with Gasteiger partial charge in [-0.2, -0.15) is 11.7 Å². The van der Waals surface area contributed by atoms with Crippen molar-refractivity contribution in [2.75, 3.05) is 28.2 Å². The van der Waals surface area contributed by atoms with Gasteiger partial charge in [0.15, 0.2) is 0 Å². The highest BCUT2D eigenvalue weighted by atomic mass is 15.5. The summed E-state index contributed by atoms with van der Waals surface area (Å²) in [6.45, 7) is 1.67. The molecule has 0 saturated carbocycles. The molecule has 90 valence electrons. The van der Waals surface area contributed by atoms with Gasteiger partial charge in [-0.25, -0.2) is 9.18 Å². The average molecular weight is 224 g/mol. The molecule has 4 nitrogen and oxygen atoms in total. The summed E-state index contributed by atoms with van der Waals surface area (Å²) >= 11 is 0. The van der Waals surface area contributed by atoms with Crippen molar-refractivity contribution in [3.8, 4) is 0 Å². The lowest BCUT2D eigenvalue weighted by atomic mass is 10.1. The van der Waals surface area contributed by atoms with Gasteiger partial charge in [-0.1, -0.05) is 24.3 Å². The molecule has 0 aromatic heterocycles. The van der Waals surface area contributed by atoms with Crippen molar-refractivity contribution in [1.82, 2.24) is 0 Å². The van der Waals surface area contributed by atoms with Gasteiger partial charge in [0, 0.05) is 11.1 Å². The van der Waals surface area contributed by atoms with Crippen molar-refractivity contribution in [3.05, 3.63) is 35.4 Å². The number of nitrogens with two attached hydrogens (primary N) is 2. The number of rotatable bonds is 4. The Labute approximate surface area is 98.2 Å². The third-order valence-corrected chi connectivity index (χ3v) is 2.20. The van der Waals surface area contributed by atoms with Crippen LogP contribution in [0.1, 0.15) is 11.1 Å². The summed E-state index contributed by atoms with van der Waals surface area (Å²) in [6, 6.07) is 8.49. The van der Waals surface area contributed by atoms with E-state index in [1.54, 1.807) is 0 Å². The van der Waals surface area contributed by atoms with Crippen LogP contribution in [0.2, 0.25) is 0 Å². The summed E-state index contributed by atoms with van der Waals surface area (Å²) in [5, 5.41) is 0. The molecule has 0 aliphatic rings. The first-order valence-electron chi connectivity index (χ1n) is 5.47. The zero-order valence-electron chi connectivity index (χ0n) is 10.8. The maximum atomic E-state index is 5.92. The van der Waals surface area contributed by atoms with Crippen LogP contribution in [0.15, 0.2) is 24.3 Å². The number of hydrogen-bond donors (Lipinski definition) is 2. The molecule has 0 heterocycles. The van der Waals surface area contributed by atoms with Crippen LogP contribution in [0.25, 0.3) is 0 Å². The molecule has 0 bridgehead atoms. The van der Waals surface area contributed by atoms with E-state index >= 15 is 0 Å². The standard InChI is InChI=1S/C12H24N4/c1-15(2,13)9-11-5-7-12(8-6-11)10-16(3,4)14/h5-8H,9-10,13-14H2,1-4H3/q+2. The molecule has 0 aliphatic heterocycles. The predicted octanol–water partition coefficient (Wildman–Crippen LogP) is 0.587. The topological polar surface area (TPSA) is 52.0 Å². The predicted molar refractivity (Wildman–Crippen MR) is 66.4 cm³/mol. The van der Waals surface area contributed by atoms with Crippen molar-refractivity contribution in [3.63, 3.8) is 0 Å². The molecule has 0 atom stereocenters. The van der Waals surface area contributed by atoms with Crippen LogP contribution < -0.4 is 11.7 Å². The molecule has 0 aliphatic carbocycles. The van der Waals surface area contributed by atoms with E-state index in [9.17, 15) is 0 Å². The molecule has 1 rings (SSSR count). The molecule has 1 aromatic carbocycles. The number of hydrogen-bond acceptors (Lipinski definition) is 2. The highest BCUT2D eigenvalue weighted by Gasteiger charge is 2.12. The molecule has 4 N–H and O–H groups in total. The summed E-state index contributed by atoms with van der Waals surface area (Å²) < 4.78 is 0.912. The van der Waals surface area contributed by atoms with Crippen LogP contribution >= 0.6 is 0 Å². The minimum Gasteiger partial charge on any atom is -0.249 e.